The molecule has 0 aromatic carbocycles. The minimum Gasteiger partial charge on any atom is -0.336 e. The maximum absolute atomic E-state index is 4.22. The molecule has 1 aromatic rings. The Labute approximate surface area is 72.9 Å². The average Bonchev–Trinajstić information content (AvgIpc) is 2.30. The predicted octanol–water partition coefficient (Wildman–Crippen LogP) is 2.46. The molecule has 0 aliphatic heterocycles. The van der Waals surface area contributed by atoms with E-state index in [4.69, 9.17) is 0 Å². The number of rotatable bonds is 2. The van der Waals surface area contributed by atoms with Gasteiger partial charge in [-0.05, 0) is 28.6 Å². The number of nitrogens with zero attached hydrogens (tertiary/aromatic N) is 1. The van der Waals surface area contributed by atoms with Gasteiger partial charge in [-0.3, -0.25) is 0 Å². The van der Waals surface area contributed by atoms with Crippen LogP contribution in [0.1, 0.15) is 12.6 Å². The Hall–Kier alpha value is 0.0400. The van der Waals surface area contributed by atoms with Crippen LogP contribution < -0.4 is 0 Å². The third-order valence-electron chi connectivity index (χ3n) is 1.25. The molecule has 1 heterocycles. The number of halogens is 1. The molecule has 0 radical (unpaired) electrons. The number of H-pyrrole nitrogens is 1. The van der Waals surface area contributed by atoms with Crippen molar-refractivity contribution < 1.29 is 0 Å². The van der Waals surface area contributed by atoms with Crippen molar-refractivity contribution in [2.24, 2.45) is 0 Å². The van der Waals surface area contributed by atoms with Gasteiger partial charge in [0, 0.05) is 5.69 Å². The lowest BCUT2D eigenvalue weighted by Crippen LogP contribution is -1.78. The van der Waals surface area contributed by atoms with Gasteiger partial charge >= 0.3 is 0 Å². The molecule has 0 unspecified atom stereocenters. The lowest BCUT2D eigenvalue weighted by molar-refractivity contribution is 0.996. The Morgan fingerprint density at radius 3 is 2.70 bits per heavy atom. The first-order valence-electron chi connectivity index (χ1n) is 3.06. The lowest BCUT2D eigenvalue weighted by atomic mass is 10.4. The van der Waals surface area contributed by atoms with Crippen LogP contribution in [-0.2, 0) is 6.42 Å². The van der Waals surface area contributed by atoms with Crippen LogP contribution in [0.15, 0.2) is 9.76 Å². The summed E-state index contributed by atoms with van der Waals surface area (Å²) in [6.07, 6.45) is 3.00. The zero-order valence-corrected chi connectivity index (χ0v) is 8.34. The van der Waals surface area contributed by atoms with Crippen LogP contribution in [0.5, 0.6) is 0 Å². The molecule has 0 saturated heterocycles. The van der Waals surface area contributed by atoms with E-state index in [1.807, 2.05) is 6.26 Å². The van der Waals surface area contributed by atoms with E-state index < -0.39 is 0 Å². The van der Waals surface area contributed by atoms with Crippen LogP contribution >= 0.6 is 27.7 Å². The van der Waals surface area contributed by atoms with Crippen molar-refractivity contribution in [2.75, 3.05) is 6.26 Å². The first kappa shape index (κ1) is 8.14. The second kappa shape index (κ2) is 3.44. The van der Waals surface area contributed by atoms with Crippen LogP contribution in [0.25, 0.3) is 0 Å². The van der Waals surface area contributed by atoms with E-state index in [-0.39, 0.29) is 0 Å². The number of nitrogens with one attached hydrogen (secondary N) is 1. The zero-order valence-electron chi connectivity index (χ0n) is 5.94. The van der Waals surface area contributed by atoms with Gasteiger partial charge in [-0.1, -0.05) is 18.7 Å². The Kier molecular flexibility index (Phi) is 2.80. The summed E-state index contributed by atoms with van der Waals surface area (Å²) < 4.78 is 0.944. The van der Waals surface area contributed by atoms with Gasteiger partial charge in [-0.25, -0.2) is 4.98 Å². The number of aryl methyl sites for hydroxylation is 1. The first-order valence-corrected chi connectivity index (χ1v) is 5.08. The van der Waals surface area contributed by atoms with Crippen molar-refractivity contribution in [3.05, 3.63) is 10.3 Å². The second-order valence-electron chi connectivity index (χ2n) is 1.87. The average molecular weight is 221 g/mol. The summed E-state index contributed by atoms with van der Waals surface area (Å²) in [7, 11) is 0. The summed E-state index contributed by atoms with van der Waals surface area (Å²) >= 11 is 4.98. The topological polar surface area (TPSA) is 28.7 Å². The molecule has 0 amide bonds. The SMILES string of the molecule is CCc1[nH]c(SC)nc1Br. The molecule has 0 fully saturated rings. The van der Waals surface area contributed by atoms with Crippen LogP contribution in [0, 0.1) is 0 Å². The van der Waals surface area contributed by atoms with Gasteiger partial charge in [0.2, 0.25) is 0 Å². The predicted molar refractivity (Wildman–Crippen MR) is 47.4 cm³/mol. The van der Waals surface area contributed by atoms with E-state index in [0.29, 0.717) is 0 Å². The van der Waals surface area contributed by atoms with Crippen molar-refractivity contribution in [1.29, 1.82) is 0 Å². The van der Waals surface area contributed by atoms with E-state index in [2.05, 4.69) is 32.8 Å². The quantitative estimate of drug-likeness (QED) is 0.777. The molecule has 0 aliphatic rings. The maximum Gasteiger partial charge on any atom is 0.166 e. The fourth-order valence-corrected chi connectivity index (χ4v) is 1.78. The largest absolute Gasteiger partial charge is 0.336 e. The molecule has 0 spiro atoms. The van der Waals surface area contributed by atoms with Crippen LogP contribution in [0.2, 0.25) is 0 Å². The number of hydrogen-bond acceptors (Lipinski definition) is 2. The molecule has 0 atom stereocenters. The minimum absolute atomic E-state index is 0.944. The number of aromatic nitrogens is 2. The third kappa shape index (κ3) is 1.55. The van der Waals surface area contributed by atoms with E-state index in [1.165, 1.54) is 5.69 Å². The lowest BCUT2D eigenvalue weighted by Gasteiger charge is -1.86. The van der Waals surface area contributed by atoms with Gasteiger partial charge in [-0.15, -0.1) is 0 Å². The van der Waals surface area contributed by atoms with Crippen molar-refractivity contribution in [3.63, 3.8) is 0 Å². The van der Waals surface area contributed by atoms with Crippen molar-refractivity contribution in [2.45, 2.75) is 18.5 Å². The molecule has 0 bridgehead atoms. The molecule has 56 valence electrons. The highest BCUT2D eigenvalue weighted by molar-refractivity contribution is 9.10. The third-order valence-corrected chi connectivity index (χ3v) is 2.49. The van der Waals surface area contributed by atoms with Gasteiger partial charge in [0.15, 0.2) is 5.16 Å². The van der Waals surface area contributed by atoms with Gasteiger partial charge < -0.3 is 4.98 Å². The molecule has 0 saturated carbocycles. The fraction of sp³-hybridized carbons (Fsp3) is 0.500. The van der Waals surface area contributed by atoms with Gasteiger partial charge in [0.05, 0.1) is 0 Å². The molecule has 0 aliphatic carbocycles. The maximum atomic E-state index is 4.22. The zero-order chi connectivity index (χ0) is 7.56. The van der Waals surface area contributed by atoms with Gasteiger partial charge in [0.1, 0.15) is 4.60 Å². The summed E-state index contributed by atoms with van der Waals surface area (Å²) in [4.78, 5) is 7.41. The highest BCUT2D eigenvalue weighted by atomic mass is 79.9. The van der Waals surface area contributed by atoms with Crippen LogP contribution in [0.3, 0.4) is 0 Å². The summed E-state index contributed by atoms with van der Waals surface area (Å²) in [5.41, 5.74) is 1.17. The molecular formula is C6H9BrN2S. The van der Waals surface area contributed by atoms with Crippen molar-refractivity contribution in [3.8, 4) is 0 Å². The summed E-state index contributed by atoms with van der Waals surface area (Å²) in [5.74, 6) is 0. The number of hydrogen-bond donors (Lipinski definition) is 1. The molecule has 1 N–H and O–H groups in total. The normalized spacial score (nSPS) is 10.3. The van der Waals surface area contributed by atoms with E-state index in [9.17, 15) is 0 Å². The van der Waals surface area contributed by atoms with Crippen LogP contribution in [0.4, 0.5) is 0 Å². The van der Waals surface area contributed by atoms with Crippen LogP contribution in [-0.4, -0.2) is 16.2 Å². The molecule has 1 aromatic heterocycles. The highest BCUT2D eigenvalue weighted by Crippen LogP contribution is 2.18. The number of aromatic amines is 1. The summed E-state index contributed by atoms with van der Waals surface area (Å²) in [5, 5.41) is 0.976. The highest BCUT2D eigenvalue weighted by Gasteiger charge is 2.03. The molecule has 4 heteroatoms. The standard InChI is InChI=1S/C6H9BrN2S/c1-3-4-5(7)9-6(8-4)10-2/h3H2,1-2H3,(H,8,9). The minimum atomic E-state index is 0.944. The molecule has 10 heavy (non-hydrogen) atoms. The monoisotopic (exact) mass is 220 g/mol. The second-order valence-corrected chi connectivity index (χ2v) is 3.42. The fourth-order valence-electron chi connectivity index (χ4n) is 0.696. The Balaban J connectivity index is 2.92. The van der Waals surface area contributed by atoms with Gasteiger partial charge in [0.25, 0.3) is 0 Å². The number of imidazole rings is 1. The van der Waals surface area contributed by atoms with Crippen molar-refractivity contribution in [1.82, 2.24) is 9.97 Å². The Morgan fingerprint density at radius 2 is 2.40 bits per heavy atom. The molecule has 1 rings (SSSR count). The van der Waals surface area contributed by atoms with E-state index in [0.717, 1.165) is 16.2 Å². The Bertz CT molecular complexity index is 222. The molecule has 2 nitrogen and oxygen atoms in total. The number of thioether (sulfide) groups is 1. The van der Waals surface area contributed by atoms with E-state index in [1.54, 1.807) is 11.8 Å². The molecular weight excluding hydrogens is 212 g/mol. The summed E-state index contributed by atoms with van der Waals surface area (Å²) in [6, 6.07) is 0. The summed E-state index contributed by atoms with van der Waals surface area (Å²) in [6.45, 7) is 2.10. The van der Waals surface area contributed by atoms with Crippen molar-refractivity contribution >= 4 is 27.7 Å². The van der Waals surface area contributed by atoms with Gasteiger partial charge in [-0.2, -0.15) is 0 Å². The smallest absolute Gasteiger partial charge is 0.166 e. The van der Waals surface area contributed by atoms with E-state index >= 15 is 0 Å². The first-order chi connectivity index (χ1) is 4.77. The Morgan fingerprint density at radius 1 is 1.70 bits per heavy atom.